The van der Waals surface area contributed by atoms with Gasteiger partial charge in [0.25, 0.3) is 0 Å². The van der Waals surface area contributed by atoms with Crippen molar-refractivity contribution in [3.05, 3.63) is 40.1 Å². The third-order valence-corrected chi connectivity index (χ3v) is 3.72. The molecule has 2 rings (SSSR count). The molecule has 0 amide bonds. The van der Waals surface area contributed by atoms with Crippen LogP contribution in [0.3, 0.4) is 0 Å². The smallest absolute Gasteiger partial charge is 0.138 e. The van der Waals surface area contributed by atoms with Crippen molar-refractivity contribution in [2.45, 2.75) is 20.8 Å². The second-order valence-electron chi connectivity index (χ2n) is 4.32. The summed E-state index contributed by atoms with van der Waals surface area (Å²) in [5.74, 6) is 1.69. The van der Waals surface area contributed by atoms with Crippen LogP contribution in [0.15, 0.2) is 29.0 Å². The highest BCUT2D eigenvalue weighted by atomic mass is 79.9. The van der Waals surface area contributed by atoms with Gasteiger partial charge in [-0.15, -0.1) is 0 Å². The minimum Gasteiger partial charge on any atom is -0.370 e. The number of anilines is 3. The van der Waals surface area contributed by atoms with E-state index in [4.69, 9.17) is 0 Å². The Morgan fingerprint density at radius 1 is 1.16 bits per heavy atom. The monoisotopic (exact) mass is 320 g/mol. The molecule has 2 aromatic rings. The fourth-order valence-electron chi connectivity index (χ4n) is 1.73. The van der Waals surface area contributed by atoms with Crippen LogP contribution in [0.2, 0.25) is 0 Å². The van der Waals surface area contributed by atoms with Crippen molar-refractivity contribution < 1.29 is 0 Å². The lowest BCUT2D eigenvalue weighted by Crippen LogP contribution is -2.05. The first-order valence-electron chi connectivity index (χ1n) is 6.20. The molecule has 0 spiro atoms. The Balaban J connectivity index is 2.27. The Labute approximate surface area is 121 Å². The van der Waals surface area contributed by atoms with Gasteiger partial charge in [0.2, 0.25) is 0 Å². The molecular formula is C14H17BrN4. The van der Waals surface area contributed by atoms with E-state index in [0.717, 1.165) is 33.9 Å². The molecule has 0 aliphatic heterocycles. The van der Waals surface area contributed by atoms with E-state index >= 15 is 0 Å². The fourth-order valence-corrected chi connectivity index (χ4v) is 2.11. The van der Waals surface area contributed by atoms with E-state index in [-0.39, 0.29) is 0 Å². The van der Waals surface area contributed by atoms with Crippen LogP contribution in [0.1, 0.15) is 18.1 Å². The molecule has 4 nitrogen and oxygen atoms in total. The molecule has 0 atom stereocenters. The molecule has 0 unspecified atom stereocenters. The summed E-state index contributed by atoms with van der Waals surface area (Å²) in [7, 11) is 0. The number of halogens is 1. The normalized spacial score (nSPS) is 10.3. The Morgan fingerprint density at radius 2 is 1.89 bits per heavy atom. The van der Waals surface area contributed by atoms with Crippen LogP contribution in [-0.4, -0.2) is 16.5 Å². The first kappa shape index (κ1) is 13.8. The molecule has 0 saturated carbocycles. The quantitative estimate of drug-likeness (QED) is 0.892. The van der Waals surface area contributed by atoms with Crippen molar-refractivity contribution in [3.63, 3.8) is 0 Å². The van der Waals surface area contributed by atoms with Crippen molar-refractivity contribution in [2.24, 2.45) is 0 Å². The number of aromatic nitrogens is 2. The fraction of sp³-hybridized carbons (Fsp3) is 0.286. The van der Waals surface area contributed by atoms with E-state index < -0.39 is 0 Å². The SMILES string of the molecule is CCNc1ncnc(Nc2ccc(C)c(Br)c2)c1C. The molecule has 0 saturated heterocycles. The zero-order valence-corrected chi connectivity index (χ0v) is 12.9. The molecule has 0 aliphatic carbocycles. The molecule has 0 aliphatic rings. The second kappa shape index (κ2) is 6.02. The number of hydrogen-bond donors (Lipinski definition) is 2. The molecule has 0 bridgehead atoms. The van der Waals surface area contributed by atoms with Crippen LogP contribution in [0, 0.1) is 13.8 Å². The highest BCUT2D eigenvalue weighted by molar-refractivity contribution is 9.10. The maximum absolute atomic E-state index is 4.29. The second-order valence-corrected chi connectivity index (χ2v) is 5.17. The van der Waals surface area contributed by atoms with Gasteiger partial charge in [-0.1, -0.05) is 22.0 Å². The lowest BCUT2D eigenvalue weighted by Gasteiger charge is -2.12. The first-order valence-corrected chi connectivity index (χ1v) is 6.99. The van der Waals surface area contributed by atoms with E-state index in [0.29, 0.717) is 0 Å². The predicted octanol–water partition coefficient (Wildman–Crippen LogP) is 4.03. The number of aryl methyl sites for hydroxylation is 1. The number of hydrogen-bond acceptors (Lipinski definition) is 4. The van der Waals surface area contributed by atoms with E-state index in [9.17, 15) is 0 Å². The van der Waals surface area contributed by atoms with Crippen LogP contribution < -0.4 is 10.6 Å². The third-order valence-electron chi connectivity index (χ3n) is 2.86. The van der Waals surface area contributed by atoms with Gasteiger partial charge in [0.15, 0.2) is 0 Å². The van der Waals surface area contributed by atoms with Crippen molar-refractivity contribution >= 4 is 33.3 Å². The molecule has 1 heterocycles. The molecule has 0 radical (unpaired) electrons. The Kier molecular flexibility index (Phi) is 4.37. The zero-order valence-electron chi connectivity index (χ0n) is 11.3. The Hall–Kier alpha value is -1.62. The minimum absolute atomic E-state index is 0.821. The summed E-state index contributed by atoms with van der Waals surface area (Å²) < 4.78 is 1.08. The largest absolute Gasteiger partial charge is 0.370 e. The molecule has 2 N–H and O–H groups in total. The number of rotatable bonds is 4. The van der Waals surface area contributed by atoms with Crippen LogP contribution >= 0.6 is 15.9 Å². The summed E-state index contributed by atoms with van der Waals surface area (Å²) in [5.41, 5.74) is 3.22. The molecule has 1 aromatic heterocycles. The molecule has 0 fully saturated rings. The number of nitrogens with one attached hydrogen (secondary N) is 2. The standard InChI is InChI=1S/C14H17BrN4/c1-4-16-13-10(3)14(18-8-17-13)19-11-6-5-9(2)12(15)7-11/h5-8H,4H2,1-3H3,(H2,16,17,18,19). The topological polar surface area (TPSA) is 49.8 Å². The van der Waals surface area contributed by atoms with Crippen LogP contribution in [0.5, 0.6) is 0 Å². The van der Waals surface area contributed by atoms with Crippen LogP contribution in [0.25, 0.3) is 0 Å². The molecule has 100 valence electrons. The van der Waals surface area contributed by atoms with Crippen molar-refractivity contribution in [1.82, 2.24) is 9.97 Å². The average Bonchev–Trinajstić information content (AvgIpc) is 2.39. The summed E-state index contributed by atoms with van der Waals surface area (Å²) >= 11 is 3.53. The van der Waals surface area contributed by atoms with Gasteiger partial charge in [-0.2, -0.15) is 0 Å². The van der Waals surface area contributed by atoms with Gasteiger partial charge >= 0.3 is 0 Å². The Morgan fingerprint density at radius 3 is 2.58 bits per heavy atom. The van der Waals surface area contributed by atoms with Gasteiger partial charge < -0.3 is 10.6 Å². The molecule has 1 aromatic carbocycles. The van der Waals surface area contributed by atoms with Crippen molar-refractivity contribution in [1.29, 1.82) is 0 Å². The van der Waals surface area contributed by atoms with Crippen molar-refractivity contribution in [3.8, 4) is 0 Å². The van der Waals surface area contributed by atoms with Crippen LogP contribution in [0.4, 0.5) is 17.3 Å². The van der Waals surface area contributed by atoms with Gasteiger partial charge in [-0.05, 0) is 38.5 Å². The predicted molar refractivity (Wildman–Crippen MR) is 83.1 cm³/mol. The van der Waals surface area contributed by atoms with Gasteiger partial charge in [0.1, 0.15) is 18.0 Å². The highest BCUT2D eigenvalue weighted by Crippen LogP contribution is 2.25. The van der Waals surface area contributed by atoms with E-state index in [2.05, 4.69) is 49.5 Å². The third kappa shape index (κ3) is 3.23. The molecule has 5 heteroatoms. The first-order chi connectivity index (χ1) is 9.11. The lowest BCUT2D eigenvalue weighted by atomic mass is 10.2. The summed E-state index contributed by atoms with van der Waals surface area (Å²) in [6, 6.07) is 6.15. The zero-order chi connectivity index (χ0) is 13.8. The number of nitrogens with zero attached hydrogens (tertiary/aromatic N) is 2. The van der Waals surface area contributed by atoms with E-state index in [1.807, 2.05) is 26.0 Å². The summed E-state index contributed by atoms with van der Waals surface area (Å²) in [6.45, 7) is 6.95. The average molecular weight is 321 g/mol. The van der Waals surface area contributed by atoms with Gasteiger partial charge in [-0.25, -0.2) is 9.97 Å². The van der Waals surface area contributed by atoms with Gasteiger partial charge in [0.05, 0.1) is 0 Å². The molecule has 19 heavy (non-hydrogen) atoms. The summed E-state index contributed by atoms with van der Waals surface area (Å²) in [5, 5.41) is 6.54. The summed E-state index contributed by atoms with van der Waals surface area (Å²) in [4.78, 5) is 8.52. The maximum atomic E-state index is 4.29. The Bertz CT molecular complexity index is 584. The van der Waals surface area contributed by atoms with Gasteiger partial charge in [0, 0.05) is 22.3 Å². The maximum Gasteiger partial charge on any atom is 0.138 e. The molecular weight excluding hydrogens is 304 g/mol. The van der Waals surface area contributed by atoms with Crippen LogP contribution in [-0.2, 0) is 0 Å². The highest BCUT2D eigenvalue weighted by Gasteiger charge is 2.07. The van der Waals surface area contributed by atoms with Crippen molar-refractivity contribution in [2.75, 3.05) is 17.2 Å². The van der Waals surface area contributed by atoms with E-state index in [1.165, 1.54) is 5.56 Å². The van der Waals surface area contributed by atoms with E-state index in [1.54, 1.807) is 6.33 Å². The lowest BCUT2D eigenvalue weighted by molar-refractivity contribution is 1.08. The number of benzene rings is 1. The minimum atomic E-state index is 0.821. The van der Waals surface area contributed by atoms with Gasteiger partial charge in [-0.3, -0.25) is 0 Å². The summed E-state index contributed by atoms with van der Waals surface area (Å²) in [6.07, 6.45) is 1.57.